The predicted molar refractivity (Wildman–Crippen MR) is 174 cm³/mol. The van der Waals surface area contributed by atoms with E-state index in [9.17, 15) is 14.0 Å². The number of para-hydroxylation sites is 1. The number of fused-ring (bicyclic) bond motifs is 3. The van der Waals surface area contributed by atoms with Crippen molar-refractivity contribution in [1.29, 1.82) is 0 Å². The Hall–Kier alpha value is -5.42. The molecule has 1 amide bonds. The van der Waals surface area contributed by atoms with Gasteiger partial charge in [0.15, 0.2) is 0 Å². The van der Waals surface area contributed by atoms with Crippen LogP contribution in [0.3, 0.4) is 0 Å². The molecule has 0 aliphatic carbocycles. The van der Waals surface area contributed by atoms with Gasteiger partial charge in [0.25, 0.3) is 5.91 Å². The van der Waals surface area contributed by atoms with Gasteiger partial charge in [-0.15, -0.1) is 0 Å². The zero-order chi connectivity index (χ0) is 31.9. The fourth-order valence-electron chi connectivity index (χ4n) is 6.45. The second-order valence-electron chi connectivity index (χ2n) is 11.7. The van der Waals surface area contributed by atoms with E-state index in [0.29, 0.717) is 52.0 Å². The third kappa shape index (κ3) is 4.22. The van der Waals surface area contributed by atoms with Crippen LogP contribution in [-0.4, -0.2) is 51.0 Å². The first-order valence-corrected chi connectivity index (χ1v) is 15.2. The van der Waals surface area contributed by atoms with Gasteiger partial charge < -0.3 is 9.88 Å². The lowest BCUT2D eigenvalue weighted by Crippen LogP contribution is -2.36. The van der Waals surface area contributed by atoms with E-state index in [0.717, 1.165) is 33.1 Å². The lowest BCUT2D eigenvalue weighted by molar-refractivity contribution is 0.0729. The van der Waals surface area contributed by atoms with Crippen LogP contribution in [0.15, 0.2) is 78.0 Å². The van der Waals surface area contributed by atoms with Crippen molar-refractivity contribution in [3.63, 3.8) is 0 Å². The Kier molecular flexibility index (Phi) is 6.30. The molecule has 12 heteroatoms. The van der Waals surface area contributed by atoms with Crippen LogP contribution in [0.4, 0.5) is 4.39 Å². The summed E-state index contributed by atoms with van der Waals surface area (Å²) in [5.41, 5.74) is 5.41. The van der Waals surface area contributed by atoms with Gasteiger partial charge in [0.1, 0.15) is 17.3 Å². The molecule has 0 saturated carbocycles. The van der Waals surface area contributed by atoms with Crippen LogP contribution in [0.25, 0.3) is 39.0 Å². The Labute approximate surface area is 266 Å². The van der Waals surface area contributed by atoms with Crippen LogP contribution in [0.1, 0.15) is 32.9 Å². The molecule has 0 atom stereocenters. The number of hydrogen-bond donors (Lipinski definition) is 1. The fourth-order valence-corrected chi connectivity index (χ4v) is 6.75. The van der Waals surface area contributed by atoms with Gasteiger partial charge >= 0.3 is 5.69 Å². The summed E-state index contributed by atoms with van der Waals surface area (Å²) in [6.07, 6.45) is 5.49. The normalized spacial score (nSPS) is 13.2. The number of aromatic amines is 1. The fraction of sp³-hybridized carbons (Fsp3) is 0.176. The van der Waals surface area contributed by atoms with Crippen LogP contribution in [0, 0.1) is 19.7 Å². The number of H-pyrrole nitrogens is 1. The van der Waals surface area contributed by atoms with Crippen LogP contribution < -0.4 is 5.69 Å². The zero-order valence-corrected chi connectivity index (χ0v) is 26.0. The number of hydrogen-bond acceptors (Lipinski definition) is 4. The average molecular weight is 635 g/mol. The first-order valence-electron chi connectivity index (χ1n) is 14.9. The molecule has 0 bridgehead atoms. The van der Waals surface area contributed by atoms with Gasteiger partial charge in [-0.2, -0.15) is 10.2 Å². The van der Waals surface area contributed by atoms with Crippen molar-refractivity contribution >= 4 is 39.3 Å². The average Bonchev–Trinajstić information content (AvgIpc) is 3.83. The molecule has 7 aromatic rings. The molecule has 0 unspecified atom stereocenters. The summed E-state index contributed by atoms with van der Waals surface area (Å²) in [6.45, 7) is 4.09. The molecule has 0 fully saturated rings. The van der Waals surface area contributed by atoms with E-state index in [-0.39, 0.29) is 24.0 Å². The van der Waals surface area contributed by atoms with E-state index in [4.69, 9.17) is 16.7 Å². The number of aromatic nitrogens is 7. The number of aryl methyl sites for hydroxylation is 3. The highest BCUT2D eigenvalue weighted by atomic mass is 35.5. The second kappa shape index (κ2) is 10.3. The summed E-state index contributed by atoms with van der Waals surface area (Å²) < 4.78 is 21.1. The van der Waals surface area contributed by atoms with Gasteiger partial charge in [0, 0.05) is 54.3 Å². The van der Waals surface area contributed by atoms with Crippen LogP contribution in [0.5, 0.6) is 0 Å². The Morgan fingerprint density at radius 1 is 1.02 bits per heavy atom. The summed E-state index contributed by atoms with van der Waals surface area (Å²) in [7, 11) is 1.83. The molecule has 8 rings (SSSR count). The SMILES string of the molecule is Cc1cc(-n2nc3c(c2-n2ccn(-c4ccc5c(cnn5C)c4Cl)c2=O)CN(C(=O)c2cc4ccccc4[nH]2)CC3)cc(C)c1F. The number of benzene rings is 3. The number of nitrogens with zero attached hydrogens (tertiary/aromatic N) is 7. The summed E-state index contributed by atoms with van der Waals surface area (Å²) in [6, 6.07) is 16.7. The molecule has 230 valence electrons. The summed E-state index contributed by atoms with van der Waals surface area (Å²) in [5, 5.41) is 11.3. The Morgan fingerprint density at radius 2 is 1.78 bits per heavy atom. The van der Waals surface area contributed by atoms with E-state index in [2.05, 4.69) is 10.1 Å². The third-order valence-corrected chi connectivity index (χ3v) is 9.23. The van der Waals surface area contributed by atoms with Crippen molar-refractivity contribution in [3.8, 4) is 17.2 Å². The lowest BCUT2D eigenvalue weighted by atomic mass is 10.1. The monoisotopic (exact) mass is 634 g/mol. The number of halogens is 2. The Bertz CT molecular complexity index is 2370. The van der Waals surface area contributed by atoms with Crippen molar-refractivity contribution in [2.45, 2.75) is 26.8 Å². The maximum Gasteiger partial charge on any atom is 0.338 e. The van der Waals surface area contributed by atoms with Gasteiger partial charge in [0.2, 0.25) is 0 Å². The molecule has 1 aliphatic rings. The molecule has 10 nitrogen and oxygen atoms in total. The van der Waals surface area contributed by atoms with Gasteiger partial charge in [0.05, 0.1) is 40.3 Å². The third-order valence-electron chi connectivity index (χ3n) is 8.83. The number of carbonyl (C=O) groups is 1. The highest BCUT2D eigenvalue weighted by Crippen LogP contribution is 2.32. The molecule has 3 aromatic carbocycles. The number of imidazole rings is 1. The van der Waals surface area contributed by atoms with Crippen LogP contribution in [0.2, 0.25) is 5.02 Å². The summed E-state index contributed by atoms with van der Waals surface area (Å²) in [4.78, 5) is 33.0. The molecule has 1 N–H and O–H groups in total. The Balaban J connectivity index is 1.27. The van der Waals surface area contributed by atoms with Crippen LogP contribution >= 0.6 is 11.6 Å². The largest absolute Gasteiger partial charge is 0.351 e. The number of amides is 1. The molecule has 0 spiro atoms. The topological polar surface area (TPSA) is 98.7 Å². The molecule has 1 aliphatic heterocycles. The molecular formula is C34H28ClFN8O2. The number of carbonyl (C=O) groups excluding carboxylic acids is 1. The molecule has 46 heavy (non-hydrogen) atoms. The quantitative estimate of drug-likeness (QED) is 0.265. The van der Waals surface area contributed by atoms with Crippen molar-refractivity contribution in [2.75, 3.05) is 6.54 Å². The van der Waals surface area contributed by atoms with E-state index in [1.165, 1.54) is 9.13 Å². The first-order chi connectivity index (χ1) is 22.2. The highest BCUT2D eigenvalue weighted by Gasteiger charge is 2.31. The van der Waals surface area contributed by atoms with Crippen molar-refractivity contribution in [3.05, 3.63) is 123 Å². The second-order valence-corrected chi connectivity index (χ2v) is 12.1. The zero-order valence-electron chi connectivity index (χ0n) is 25.3. The molecule has 0 radical (unpaired) electrons. The van der Waals surface area contributed by atoms with E-state index < -0.39 is 0 Å². The highest BCUT2D eigenvalue weighted by molar-refractivity contribution is 6.37. The lowest BCUT2D eigenvalue weighted by Gasteiger charge is -2.26. The standard InChI is InChI=1S/C34H28ClFN8O2/c1-19-14-22(15-20(2)31(19)36)44-32(43-13-12-42(34(43)46)29-9-8-28-23(30(29)35)17-37-40(28)3)24-18-41(11-10-26(24)39-44)33(45)27-16-21-6-4-5-7-25(21)38-27/h4-9,12-17,38H,10-11,18H2,1-3H3. The van der Waals surface area contributed by atoms with Gasteiger partial charge in [-0.25, -0.2) is 13.9 Å². The number of rotatable bonds is 4. The van der Waals surface area contributed by atoms with E-state index in [1.807, 2.05) is 43.4 Å². The minimum Gasteiger partial charge on any atom is -0.351 e. The molecule has 0 saturated heterocycles. The van der Waals surface area contributed by atoms with E-state index >= 15 is 0 Å². The minimum absolute atomic E-state index is 0.143. The Morgan fingerprint density at radius 3 is 2.57 bits per heavy atom. The van der Waals surface area contributed by atoms with Crippen molar-refractivity contribution in [2.24, 2.45) is 7.05 Å². The van der Waals surface area contributed by atoms with Crippen LogP contribution in [-0.2, 0) is 20.0 Å². The minimum atomic E-state index is -0.372. The summed E-state index contributed by atoms with van der Waals surface area (Å²) >= 11 is 6.81. The van der Waals surface area contributed by atoms with E-state index in [1.54, 1.807) is 64.9 Å². The maximum atomic E-state index is 14.7. The summed E-state index contributed by atoms with van der Waals surface area (Å²) in [5.74, 6) is 0.0495. The van der Waals surface area contributed by atoms with Gasteiger partial charge in [-0.1, -0.05) is 29.8 Å². The molecule has 4 aromatic heterocycles. The predicted octanol–water partition coefficient (Wildman–Crippen LogP) is 5.79. The molecular weight excluding hydrogens is 607 g/mol. The van der Waals surface area contributed by atoms with Gasteiger partial charge in [-0.3, -0.25) is 18.6 Å². The molecule has 5 heterocycles. The first kappa shape index (κ1) is 28.1. The van der Waals surface area contributed by atoms with Crippen molar-refractivity contribution < 1.29 is 9.18 Å². The maximum absolute atomic E-state index is 14.7. The smallest absolute Gasteiger partial charge is 0.338 e. The van der Waals surface area contributed by atoms with Crippen molar-refractivity contribution in [1.82, 2.24) is 38.6 Å². The number of nitrogens with one attached hydrogen (secondary N) is 1. The van der Waals surface area contributed by atoms with Gasteiger partial charge in [-0.05, 0) is 61.4 Å².